The first-order chi connectivity index (χ1) is 8.53. The average Bonchev–Trinajstić information content (AvgIpc) is 2.73. The highest BCUT2D eigenvalue weighted by atomic mass is 16.6. The number of hydrogen-bond donors (Lipinski definition) is 2. The van der Waals surface area contributed by atoms with E-state index in [1.54, 1.807) is 30.3 Å². The highest BCUT2D eigenvalue weighted by molar-refractivity contribution is 5.98. The van der Waals surface area contributed by atoms with Crippen LogP contribution in [-0.2, 0) is 14.3 Å². The van der Waals surface area contributed by atoms with Gasteiger partial charge in [-0.3, -0.25) is 9.59 Å². The molecule has 0 spiro atoms. The number of rotatable bonds is 3. The highest BCUT2D eigenvalue weighted by Crippen LogP contribution is 2.24. The van der Waals surface area contributed by atoms with Gasteiger partial charge in [-0.25, -0.2) is 4.79 Å². The maximum atomic E-state index is 11.9. The van der Waals surface area contributed by atoms with Gasteiger partial charge in [0.2, 0.25) is 0 Å². The first kappa shape index (κ1) is 12.1. The monoisotopic (exact) mass is 249 g/mol. The average molecular weight is 249 g/mol. The van der Waals surface area contributed by atoms with Crippen molar-refractivity contribution in [2.75, 3.05) is 0 Å². The third kappa shape index (κ3) is 2.17. The zero-order valence-electron chi connectivity index (χ0n) is 9.38. The zero-order chi connectivity index (χ0) is 13.2. The Labute approximate surface area is 103 Å². The van der Waals surface area contributed by atoms with Crippen molar-refractivity contribution in [3.8, 4) is 0 Å². The number of cyclic esters (lactones) is 1. The summed E-state index contributed by atoms with van der Waals surface area (Å²) in [6.45, 7) is 0. The number of carboxylic acid groups (broad SMARTS) is 1. The second kappa shape index (κ2) is 4.48. The molecular weight excluding hydrogens is 238 g/mol. The standard InChI is InChI=1S/C12H11NO5/c14-9-6-7-12(18-9,11(16)17)13-10(15)8-4-2-1-3-5-8/h1-5H,6-7H2,(H,13,15)(H,16,17). The van der Waals surface area contributed by atoms with E-state index in [0.717, 1.165) is 0 Å². The quantitative estimate of drug-likeness (QED) is 0.762. The van der Waals surface area contributed by atoms with Gasteiger partial charge in [-0.15, -0.1) is 0 Å². The van der Waals surface area contributed by atoms with Crippen LogP contribution < -0.4 is 5.32 Å². The Bertz CT molecular complexity index is 498. The van der Waals surface area contributed by atoms with E-state index in [1.807, 2.05) is 0 Å². The second-order valence-electron chi connectivity index (χ2n) is 3.93. The molecule has 6 nitrogen and oxygen atoms in total. The summed E-state index contributed by atoms with van der Waals surface area (Å²) < 4.78 is 4.73. The molecule has 0 aliphatic carbocycles. The molecule has 1 aromatic rings. The second-order valence-corrected chi connectivity index (χ2v) is 3.93. The van der Waals surface area contributed by atoms with E-state index in [2.05, 4.69) is 5.32 Å². The largest absolute Gasteiger partial charge is 0.477 e. The Morgan fingerprint density at radius 3 is 2.44 bits per heavy atom. The number of hydrogen-bond acceptors (Lipinski definition) is 4. The molecule has 1 aromatic carbocycles. The van der Waals surface area contributed by atoms with Gasteiger partial charge in [0, 0.05) is 12.0 Å². The summed E-state index contributed by atoms with van der Waals surface area (Å²) in [5.74, 6) is -2.60. The number of amides is 1. The van der Waals surface area contributed by atoms with Gasteiger partial charge in [0.15, 0.2) is 0 Å². The van der Waals surface area contributed by atoms with Crippen molar-refractivity contribution in [3.05, 3.63) is 35.9 Å². The van der Waals surface area contributed by atoms with E-state index >= 15 is 0 Å². The van der Waals surface area contributed by atoms with E-state index in [1.165, 1.54) is 0 Å². The summed E-state index contributed by atoms with van der Waals surface area (Å²) in [6.07, 6.45) is -0.0961. The number of carbonyl (C=O) groups is 3. The summed E-state index contributed by atoms with van der Waals surface area (Å²) in [4.78, 5) is 34.0. The Morgan fingerprint density at radius 2 is 1.94 bits per heavy atom. The van der Waals surface area contributed by atoms with Crippen LogP contribution in [0.1, 0.15) is 23.2 Å². The van der Waals surface area contributed by atoms with Gasteiger partial charge in [0.1, 0.15) is 0 Å². The normalized spacial score (nSPS) is 22.3. The third-order valence-electron chi connectivity index (χ3n) is 2.67. The molecule has 1 amide bonds. The summed E-state index contributed by atoms with van der Waals surface area (Å²) in [5.41, 5.74) is -1.63. The van der Waals surface area contributed by atoms with Crippen molar-refractivity contribution in [1.29, 1.82) is 0 Å². The summed E-state index contributed by atoms with van der Waals surface area (Å²) >= 11 is 0. The van der Waals surface area contributed by atoms with Gasteiger partial charge in [-0.05, 0) is 12.1 Å². The molecule has 94 valence electrons. The number of benzene rings is 1. The number of carboxylic acids is 1. The molecule has 1 atom stereocenters. The van der Waals surface area contributed by atoms with Crippen molar-refractivity contribution in [1.82, 2.24) is 5.32 Å². The fourth-order valence-electron chi connectivity index (χ4n) is 1.71. The lowest BCUT2D eigenvalue weighted by Gasteiger charge is -2.23. The lowest BCUT2D eigenvalue weighted by molar-refractivity contribution is -0.171. The maximum Gasteiger partial charge on any atom is 0.370 e. The van der Waals surface area contributed by atoms with Crippen molar-refractivity contribution >= 4 is 17.8 Å². The van der Waals surface area contributed by atoms with Crippen LogP contribution in [0, 0.1) is 0 Å². The van der Waals surface area contributed by atoms with E-state index < -0.39 is 23.6 Å². The fraction of sp³-hybridized carbons (Fsp3) is 0.250. The minimum absolute atomic E-state index is 0.0264. The SMILES string of the molecule is O=C1CCC(NC(=O)c2ccccc2)(C(=O)O)O1. The highest BCUT2D eigenvalue weighted by Gasteiger charge is 2.49. The minimum Gasteiger partial charge on any atom is -0.477 e. The van der Waals surface area contributed by atoms with Crippen LogP contribution >= 0.6 is 0 Å². The van der Waals surface area contributed by atoms with Crippen molar-refractivity contribution in [2.45, 2.75) is 18.6 Å². The Morgan fingerprint density at radius 1 is 1.28 bits per heavy atom. The number of aliphatic carboxylic acids is 1. The van der Waals surface area contributed by atoms with Gasteiger partial charge in [0.05, 0.1) is 6.42 Å². The molecule has 0 radical (unpaired) electrons. The van der Waals surface area contributed by atoms with E-state index in [9.17, 15) is 14.4 Å². The molecule has 0 bridgehead atoms. The van der Waals surface area contributed by atoms with Gasteiger partial charge >= 0.3 is 11.9 Å². The van der Waals surface area contributed by atoms with Crippen LogP contribution in [0.15, 0.2) is 30.3 Å². The summed E-state index contributed by atoms with van der Waals surface area (Å²) in [6, 6.07) is 8.13. The first-order valence-corrected chi connectivity index (χ1v) is 5.36. The van der Waals surface area contributed by atoms with E-state index in [0.29, 0.717) is 5.56 Å². The third-order valence-corrected chi connectivity index (χ3v) is 2.67. The van der Waals surface area contributed by atoms with Crippen molar-refractivity contribution < 1.29 is 24.2 Å². The molecule has 0 saturated carbocycles. The smallest absolute Gasteiger partial charge is 0.370 e. The van der Waals surface area contributed by atoms with Crippen LogP contribution in [0.25, 0.3) is 0 Å². The lowest BCUT2D eigenvalue weighted by atomic mass is 10.1. The first-order valence-electron chi connectivity index (χ1n) is 5.36. The van der Waals surface area contributed by atoms with E-state index in [4.69, 9.17) is 9.84 Å². The number of carbonyl (C=O) groups excluding carboxylic acids is 2. The Hall–Kier alpha value is -2.37. The van der Waals surface area contributed by atoms with Crippen molar-refractivity contribution in [3.63, 3.8) is 0 Å². The molecule has 0 aromatic heterocycles. The Kier molecular flexibility index (Phi) is 3.01. The molecule has 6 heteroatoms. The fourth-order valence-corrected chi connectivity index (χ4v) is 1.71. The van der Waals surface area contributed by atoms with Crippen molar-refractivity contribution in [2.24, 2.45) is 0 Å². The molecule has 1 aliphatic rings. The van der Waals surface area contributed by atoms with Gasteiger partial charge in [0.25, 0.3) is 11.6 Å². The number of ether oxygens (including phenoxy) is 1. The van der Waals surface area contributed by atoms with Crippen LogP contribution in [0.5, 0.6) is 0 Å². The molecule has 1 unspecified atom stereocenters. The number of esters is 1. The van der Waals surface area contributed by atoms with Gasteiger partial charge in [-0.1, -0.05) is 18.2 Å². The van der Waals surface area contributed by atoms with Crippen LogP contribution in [-0.4, -0.2) is 28.7 Å². The zero-order valence-corrected chi connectivity index (χ0v) is 9.38. The summed E-state index contributed by atoms with van der Waals surface area (Å²) in [5, 5.41) is 11.3. The summed E-state index contributed by atoms with van der Waals surface area (Å²) in [7, 11) is 0. The predicted molar refractivity (Wildman–Crippen MR) is 59.6 cm³/mol. The molecule has 1 aliphatic heterocycles. The van der Waals surface area contributed by atoms with Crippen LogP contribution in [0.3, 0.4) is 0 Å². The molecular formula is C12H11NO5. The van der Waals surface area contributed by atoms with Crippen LogP contribution in [0.4, 0.5) is 0 Å². The molecule has 18 heavy (non-hydrogen) atoms. The predicted octanol–water partition coefficient (Wildman–Crippen LogP) is 0.534. The molecule has 1 fully saturated rings. The van der Waals surface area contributed by atoms with E-state index in [-0.39, 0.29) is 12.8 Å². The Balaban J connectivity index is 2.19. The molecule has 1 heterocycles. The molecule has 2 N–H and O–H groups in total. The van der Waals surface area contributed by atoms with Gasteiger partial charge < -0.3 is 15.2 Å². The lowest BCUT2D eigenvalue weighted by Crippen LogP contribution is -2.54. The van der Waals surface area contributed by atoms with Gasteiger partial charge in [-0.2, -0.15) is 0 Å². The number of nitrogens with one attached hydrogen (secondary N) is 1. The molecule has 1 saturated heterocycles. The topological polar surface area (TPSA) is 92.7 Å². The molecule has 2 rings (SSSR count). The van der Waals surface area contributed by atoms with Crippen LogP contribution in [0.2, 0.25) is 0 Å². The maximum absolute atomic E-state index is 11.9. The minimum atomic E-state index is -1.94.